The van der Waals surface area contributed by atoms with Crippen molar-refractivity contribution in [3.63, 3.8) is 0 Å². The summed E-state index contributed by atoms with van der Waals surface area (Å²) in [7, 11) is 0. The van der Waals surface area contributed by atoms with E-state index >= 15 is 0 Å². The van der Waals surface area contributed by atoms with Gasteiger partial charge in [0, 0.05) is 11.6 Å². The number of amides is 1. The zero-order valence-corrected chi connectivity index (χ0v) is 13.5. The van der Waals surface area contributed by atoms with Crippen LogP contribution in [-0.2, 0) is 4.79 Å². The molecule has 0 aliphatic heterocycles. The summed E-state index contributed by atoms with van der Waals surface area (Å²) in [6, 6.07) is 17.1. The van der Waals surface area contributed by atoms with Crippen molar-refractivity contribution in [1.29, 1.82) is 0 Å². The molecule has 3 aromatic rings. The zero-order valence-electron chi connectivity index (χ0n) is 12.7. The molecule has 0 aliphatic rings. The average molecular weight is 324 g/mol. The molecule has 5 heteroatoms. The fourth-order valence-electron chi connectivity index (χ4n) is 2.11. The van der Waals surface area contributed by atoms with Crippen molar-refractivity contribution >= 4 is 28.1 Å². The van der Waals surface area contributed by atoms with Gasteiger partial charge in [-0.05, 0) is 31.2 Å². The first-order valence-corrected chi connectivity index (χ1v) is 8.09. The SMILES string of the molecule is Cc1ccc(OCC(=O)N(c2ccccc2)c2nccs2)cc1. The third kappa shape index (κ3) is 3.76. The van der Waals surface area contributed by atoms with Crippen LogP contribution in [-0.4, -0.2) is 17.5 Å². The number of aryl methyl sites for hydroxylation is 1. The number of nitrogens with zero attached hydrogens (tertiary/aromatic N) is 2. The van der Waals surface area contributed by atoms with Crippen LogP contribution >= 0.6 is 11.3 Å². The molecule has 0 N–H and O–H groups in total. The van der Waals surface area contributed by atoms with E-state index in [4.69, 9.17) is 4.74 Å². The fraction of sp³-hybridized carbons (Fsp3) is 0.111. The number of rotatable bonds is 5. The minimum absolute atomic E-state index is 0.0441. The minimum Gasteiger partial charge on any atom is -0.484 e. The van der Waals surface area contributed by atoms with Crippen molar-refractivity contribution in [2.45, 2.75) is 6.92 Å². The Kier molecular flexibility index (Phi) is 4.68. The maximum Gasteiger partial charge on any atom is 0.271 e. The van der Waals surface area contributed by atoms with Gasteiger partial charge in [-0.2, -0.15) is 0 Å². The van der Waals surface area contributed by atoms with Gasteiger partial charge in [-0.15, -0.1) is 11.3 Å². The van der Waals surface area contributed by atoms with Crippen LogP contribution in [0.5, 0.6) is 5.75 Å². The molecule has 1 amide bonds. The second-order valence-electron chi connectivity index (χ2n) is 4.98. The summed E-state index contributed by atoms with van der Waals surface area (Å²) in [4.78, 5) is 18.5. The molecule has 2 aromatic carbocycles. The second kappa shape index (κ2) is 7.07. The van der Waals surface area contributed by atoms with Crippen molar-refractivity contribution in [1.82, 2.24) is 4.98 Å². The lowest BCUT2D eigenvalue weighted by atomic mass is 10.2. The topological polar surface area (TPSA) is 42.4 Å². The standard InChI is InChI=1S/C18H16N2O2S/c1-14-7-9-16(10-8-14)22-13-17(21)20(18-19-11-12-23-18)15-5-3-2-4-6-15/h2-12H,13H2,1H3. The zero-order chi connectivity index (χ0) is 16.1. The Morgan fingerprint density at radius 3 is 2.52 bits per heavy atom. The third-order valence-corrected chi connectivity index (χ3v) is 4.01. The molecule has 4 nitrogen and oxygen atoms in total. The molecule has 0 atom stereocenters. The van der Waals surface area contributed by atoms with Crippen LogP contribution in [0.25, 0.3) is 0 Å². The molecule has 1 heterocycles. The van der Waals surface area contributed by atoms with Crippen LogP contribution in [0.4, 0.5) is 10.8 Å². The van der Waals surface area contributed by atoms with E-state index in [1.54, 1.807) is 11.1 Å². The highest BCUT2D eigenvalue weighted by Gasteiger charge is 2.20. The average Bonchev–Trinajstić information content (AvgIpc) is 3.10. The maximum atomic E-state index is 12.6. The highest BCUT2D eigenvalue weighted by molar-refractivity contribution is 7.13. The lowest BCUT2D eigenvalue weighted by Gasteiger charge is -2.20. The smallest absolute Gasteiger partial charge is 0.271 e. The molecule has 23 heavy (non-hydrogen) atoms. The van der Waals surface area contributed by atoms with Gasteiger partial charge >= 0.3 is 0 Å². The van der Waals surface area contributed by atoms with Crippen molar-refractivity contribution < 1.29 is 9.53 Å². The predicted octanol–water partition coefficient (Wildman–Crippen LogP) is 4.20. The van der Waals surface area contributed by atoms with Gasteiger partial charge in [0.15, 0.2) is 11.7 Å². The van der Waals surface area contributed by atoms with Gasteiger partial charge in [0.1, 0.15) is 5.75 Å². The van der Waals surface area contributed by atoms with Crippen LogP contribution < -0.4 is 9.64 Å². The van der Waals surface area contributed by atoms with E-state index in [2.05, 4.69) is 4.98 Å². The van der Waals surface area contributed by atoms with E-state index in [9.17, 15) is 4.79 Å². The van der Waals surface area contributed by atoms with Gasteiger partial charge in [-0.3, -0.25) is 9.69 Å². The number of aromatic nitrogens is 1. The lowest BCUT2D eigenvalue weighted by Crippen LogP contribution is -2.30. The van der Waals surface area contributed by atoms with E-state index in [0.717, 1.165) is 11.3 Å². The molecule has 0 radical (unpaired) electrons. The Labute approximate surface area is 139 Å². The Morgan fingerprint density at radius 1 is 1.13 bits per heavy atom. The van der Waals surface area contributed by atoms with E-state index in [1.165, 1.54) is 11.3 Å². The van der Waals surface area contributed by atoms with Crippen LogP contribution in [0.2, 0.25) is 0 Å². The molecule has 3 rings (SSSR count). The molecular weight excluding hydrogens is 308 g/mol. The quantitative estimate of drug-likeness (QED) is 0.706. The number of anilines is 2. The number of carbonyl (C=O) groups is 1. The highest BCUT2D eigenvalue weighted by Crippen LogP contribution is 2.27. The van der Waals surface area contributed by atoms with E-state index in [-0.39, 0.29) is 12.5 Å². The minimum atomic E-state index is -0.160. The summed E-state index contributed by atoms with van der Waals surface area (Å²) in [5, 5.41) is 2.48. The number of hydrogen-bond donors (Lipinski definition) is 0. The summed E-state index contributed by atoms with van der Waals surface area (Å²) >= 11 is 1.42. The second-order valence-corrected chi connectivity index (χ2v) is 5.85. The molecule has 0 aliphatic carbocycles. The molecule has 0 fully saturated rings. The third-order valence-electron chi connectivity index (χ3n) is 3.26. The molecular formula is C18H16N2O2S. The summed E-state index contributed by atoms with van der Waals surface area (Å²) in [5.41, 5.74) is 1.93. The van der Waals surface area contributed by atoms with Crippen LogP contribution in [0.1, 0.15) is 5.56 Å². The van der Waals surface area contributed by atoms with Gasteiger partial charge in [0.2, 0.25) is 0 Å². The number of thiazole rings is 1. The Hall–Kier alpha value is -2.66. The number of ether oxygens (including phenoxy) is 1. The van der Waals surface area contributed by atoms with Gasteiger partial charge in [-0.1, -0.05) is 35.9 Å². The van der Waals surface area contributed by atoms with Crippen molar-refractivity contribution in [2.75, 3.05) is 11.5 Å². The van der Waals surface area contributed by atoms with Crippen LogP contribution in [0.3, 0.4) is 0 Å². The fourth-order valence-corrected chi connectivity index (χ4v) is 2.79. The number of benzene rings is 2. The van der Waals surface area contributed by atoms with Gasteiger partial charge < -0.3 is 4.74 Å². The maximum absolute atomic E-state index is 12.6. The lowest BCUT2D eigenvalue weighted by molar-refractivity contribution is -0.119. The first-order chi connectivity index (χ1) is 11.2. The van der Waals surface area contributed by atoms with Crippen molar-refractivity contribution in [3.05, 3.63) is 71.7 Å². The van der Waals surface area contributed by atoms with Crippen molar-refractivity contribution in [3.8, 4) is 5.75 Å². The molecule has 116 valence electrons. The molecule has 1 aromatic heterocycles. The molecule has 0 unspecified atom stereocenters. The summed E-state index contributed by atoms with van der Waals surface area (Å²) in [6.45, 7) is 1.96. The molecule has 0 bridgehead atoms. The normalized spacial score (nSPS) is 10.3. The Balaban J connectivity index is 1.77. The van der Waals surface area contributed by atoms with Crippen LogP contribution in [0, 0.1) is 6.92 Å². The monoisotopic (exact) mass is 324 g/mol. The summed E-state index contributed by atoms with van der Waals surface area (Å²) < 4.78 is 5.61. The molecule has 0 saturated heterocycles. The van der Waals surface area contributed by atoms with E-state index in [0.29, 0.717) is 10.9 Å². The first-order valence-electron chi connectivity index (χ1n) is 7.21. The molecule has 0 saturated carbocycles. The Bertz CT molecular complexity index is 755. The van der Waals surface area contributed by atoms with Crippen molar-refractivity contribution in [2.24, 2.45) is 0 Å². The van der Waals surface area contributed by atoms with E-state index < -0.39 is 0 Å². The summed E-state index contributed by atoms with van der Waals surface area (Å²) in [5.74, 6) is 0.517. The summed E-state index contributed by atoms with van der Waals surface area (Å²) in [6.07, 6.45) is 1.68. The first kappa shape index (κ1) is 15.2. The largest absolute Gasteiger partial charge is 0.484 e. The number of hydrogen-bond acceptors (Lipinski definition) is 4. The molecule has 0 spiro atoms. The number of carbonyl (C=O) groups excluding carboxylic acids is 1. The van der Waals surface area contributed by atoms with Gasteiger partial charge in [0.25, 0.3) is 5.91 Å². The Morgan fingerprint density at radius 2 is 1.87 bits per heavy atom. The van der Waals surface area contributed by atoms with E-state index in [1.807, 2.05) is 66.9 Å². The number of para-hydroxylation sites is 1. The predicted molar refractivity (Wildman–Crippen MR) is 92.4 cm³/mol. The van der Waals surface area contributed by atoms with Crippen LogP contribution in [0.15, 0.2) is 66.2 Å². The highest BCUT2D eigenvalue weighted by atomic mass is 32.1. The van der Waals surface area contributed by atoms with Gasteiger partial charge in [0.05, 0.1) is 5.69 Å². The van der Waals surface area contributed by atoms with Gasteiger partial charge in [-0.25, -0.2) is 4.98 Å².